The van der Waals surface area contributed by atoms with Crippen LogP contribution in [-0.2, 0) is 6.61 Å². The summed E-state index contributed by atoms with van der Waals surface area (Å²) < 4.78 is 9.39. The lowest BCUT2D eigenvalue weighted by Gasteiger charge is -2.07. The van der Waals surface area contributed by atoms with Crippen molar-refractivity contribution in [2.75, 3.05) is 12.4 Å². The zero-order valence-corrected chi connectivity index (χ0v) is 11.2. The number of ether oxygens (including phenoxy) is 1. The van der Waals surface area contributed by atoms with E-state index in [0.29, 0.717) is 22.4 Å². The van der Waals surface area contributed by atoms with Crippen LogP contribution >= 0.6 is 34.7 Å². The number of anilines is 1. The molecule has 2 rings (SSSR count). The highest BCUT2D eigenvalue weighted by Gasteiger charge is 2.09. The molecule has 0 aliphatic rings. The molecule has 1 N–H and O–H groups in total. The molecular formula is C10H9Cl2N3OS. The molecule has 1 heterocycles. The quantitative estimate of drug-likeness (QED) is 0.936. The Balaban J connectivity index is 2.10. The van der Waals surface area contributed by atoms with Crippen LogP contribution < -0.4 is 10.1 Å². The molecule has 0 spiro atoms. The van der Waals surface area contributed by atoms with Gasteiger partial charge in [0.2, 0.25) is 0 Å². The third-order valence-electron chi connectivity index (χ3n) is 2.06. The maximum atomic E-state index is 6.00. The van der Waals surface area contributed by atoms with Crippen LogP contribution in [0.15, 0.2) is 18.2 Å². The smallest absolute Gasteiger partial charge is 0.140 e. The van der Waals surface area contributed by atoms with Gasteiger partial charge in [0.15, 0.2) is 0 Å². The lowest BCUT2D eigenvalue weighted by atomic mass is 10.3. The van der Waals surface area contributed by atoms with Crippen molar-refractivity contribution in [1.29, 1.82) is 0 Å². The molecule has 0 aliphatic carbocycles. The zero-order valence-electron chi connectivity index (χ0n) is 8.91. The molecule has 4 nitrogen and oxygen atoms in total. The van der Waals surface area contributed by atoms with Crippen LogP contribution in [0.5, 0.6) is 5.75 Å². The molecule has 7 heteroatoms. The molecule has 0 saturated heterocycles. The molecule has 1 aromatic carbocycles. The number of nitrogens with zero attached hydrogens (tertiary/aromatic N) is 2. The molecule has 0 fully saturated rings. The lowest BCUT2D eigenvalue weighted by Crippen LogP contribution is -2.00. The summed E-state index contributed by atoms with van der Waals surface area (Å²) in [4.78, 5) is 0. The Morgan fingerprint density at radius 1 is 1.41 bits per heavy atom. The second-order valence-electron chi connectivity index (χ2n) is 3.14. The second-order valence-corrected chi connectivity index (χ2v) is 4.68. The van der Waals surface area contributed by atoms with E-state index in [1.165, 1.54) is 11.5 Å². The van der Waals surface area contributed by atoms with Gasteiger partial charge < -0.3 is 10.1 Å². The third-order valence-corrected chi connectivity index (χ3v) is 3.65. The monoisotopic (exact) mass is 289 g/mol. The topological polar surface area (TPSA) is 47.0 Å². The normalized spacial score (nSPS) is 10.3. The van der Waals surface area contributed by atoms with Crippen LogP contribution in [0, 0.1) is 0 Å². The molecular weight excluding hydrogens is 281 g/mol. The van der Waals surface area contributed by atoms with Crippen molar-refractivity contribution in [3.8, 4) is 5.75 Å². The fraction of sp³-hybridized carbons (Fsp3) is 0.200. The molecule has 0 radical (unpaired) electrons. The van der Waals surface area contributed by atoms with E-state index in [1.807, 2.05) is 7.05 Å². The third kappa shape index (κ3) is 2.80. The highest BCUT2D eigenvalue weighted by atomic mass is 35.5. The standard InChI is InChI=1S/C10H9Cl2N3OS/c1-13-10-7(14-15-17-10)5-16-8-4-2-3-6(11)9(8)12/h2-4,13H,5H2,1H3. The van der Waals surface area contributed by atoms with E-state index >= 15 is 0 Å². The first-order valence-electron chi connectivity index (χ1n) is 4.78. The van der Waals surface area contributed by atoms with E-state index in [4.69, 9.17) is 27.9 Å². The van der Waals surface area contributed by atoms with Gasteiger partial charge >= 0.3 is 0 Å². The highest BCUT2D eigenvalue weighted by Crippen LogP contribution is 2.32. The minimum atomic E-state index is 0.298. The minimum Gasteiger partial charge on any atom is -0.485 e. The van der Waals surface area contributed by atoms with Gasteiger partial charge in [-0.25, -0.2) is 0 Å². The van der Waals surface area contributed by atoms with Crippen LogP contribution in [0.3, 0.4) is 0 Å². The first kappa shape index (κ1) is 12.4. The van der Waals surface area contributed by atoms with Crippen LogP contribution in [0.25, 0.3) is 0 Å². The summed E-state index contributed by atoms with van der Waals surface area (Å²) in [6.07, 6.45) is 0. The van der Waals surface area contributed by atoms with E-state index in [-0.39, 0.29) is 0 Å². The number of hydrogen-bond donors (Lipinski definition) is 1. The second kappa shape index (κ2) is 5.53. The summed E-state index contributed by atoms with van der Waals surface area (Å²) in [5.74, 6) is 0.536. The number of aromatic nitrogens is 2. The van der Waals surface area contributed by atoms with Gasteiger partial charge in [0.25, 0.3) is 0 Å². The fourth-order valence-corrected chi connectivity index (χ4v) is 2.10. The summed E-state index contributed by atoms with van der Waals surface area (Å²) >= 11 is 13.2. The fourth-order valence-electron chi connectivity index (χ4n) is 1.23. The SMILES string of the molecule is CNc1snnc1COc1cccc(Cl)c1Cl. The summed E-state index contributed by atoms with van der Waals surface area (Å²) in [6.45, 7) is 0.298. The molecule has 0 atom stereocenters. The predicted molar refractivity (Wildman–Crippen MR) is 70.2 cm³/mol. The Bertz CT molecular complexity index is 518. The minimum absolute atomic E-state index is 0.298. The lowest BCUT2D eigenvalue weighted by molar-refractivity contribution is 0.302. The van der Waals surface area contributed by atoms with Crippen molar-refractivity contribution in [3.05, 3.63) is 33.9 Å². The van der Waals surface area contributed by atoms with Crippen LogP contribution in [0.4, 0.5) is 5.00 Å². The summed E-state index contributed by atoms with van der Waals surface area (Å²) in [6, 6.07) is 5.25. The Morgan fingerprint density at radius 3 is 3.00 bits per heavy atom. The number of nitrogens with one attached hydrogen (secondary N) is 1. The average molecular weight is 290 g/mol. The molecule has 1 aromatic heterocycles. The predicted octanol–water partition coefficient (Wildman–Crippen LogP) is 3.47. The first-order valence-corrected chi connectivity index (χ1v) is 6.31. The molecule has 17 heavy (non-hydrogen) atoms. The molecule has 0 saturated carbocycles. The number of hydrogen-bond acceptors (Lipinski definition) is 5. The van der Waals surface area contributed by atoms with Crippen molar-refractivity contribution >= 4 is 39.7 Å². The van der Waals surface area contributed by atoms with Crippen LogP contribution in [-0.4, -0.2) is 16.6 Å². The molecule has 2 aromatic rings. The van der Waals surface area contributed by atoms with E-state index in [1.54, 1.807) is 18.2 Å². The van der Waals surface area contributed by atoms with Gasteiger partial charge in [-0.05, 0) is 12.1 Å². The van der Waals surface area contributed by atoms with Crippen molar-refractivity contribution in [1.82, 2.24) is 9.59 Å². The maximum Gasteiger partial charge on any atom is 0.140 e. The molecule has 0 amide bonds. The molecule has 90 valence electrons. The summed E-state index contributed by atoms with van der Waals surface area (Å²) in [7, 11) is 1.81. The van der Waals surface area contributed by atoms with E-state index in [0.717, 1.165) is 10.7 Å². The van der Waals surface area contributed by atoms with Gasteiger partial charge in [-0.3, -0.25) is 0 Å². The molecule has 0 unspecified atom stereocenters. The van der Waals surface area contributed by atoms with Gasteiger partial charge in [0, 0.05) is 18.6 Å². The maximum absolute atomic E-state index is 6.00. The van der Waals surface area contributed by atoms with Gasteiger partial charge in [0.1, 0.15) is 28.1 Å². The number of rotatable bonds is 4. The highest BCUT2D eigenvalue weighted by molar-refractivity contribution is 7.10. The van der Waals surface area contributed by atoms with Crippen molar-refractivity contribution in [3.63, 3.8) is 0 Å². The van der Waals surface area contributed by atoms with E-state index in [9.17, 15) is 0 Å². The summed E-state index contributed by atoms with van der Waals surface area (Å²) in [5.41, 5.74) is 0.744. The Hall–Kier alpha value is -1.04. The number of benzene rings is 1. The Labute approximate surface area is 113 Å². The average Bonchev–Trinajstić information content (AvgIpc) is 2.78. The van der Waals surface area contributed by atoms with Gasteiger partial charge in [0.05, 0.1) is 5.02 Å². The van der Waals surface area contributed by atoms with E-state index in [2.05, 4.69) is 14.9 Å². The molecule has 0 bridgehead atoms. The first-order chi connectivity index (χ1) is 8.22. The van der Waals surface area contributed by atoms with Gasteiger partial charge in [-0.1, -0.05) is 33.8 Å². The summed E-state index contributed by atoms with van der Waals surface area (Å²) in [5, 5.41) is 8.70. The molecule has 0 aliphatic heterocycles. The van der Waals surface area contributed by atoms with E-state index < -0.39 is 0 Å². The van der Waals surface area contributed by atoms with Crippen molar-refractivity contribution in [2.24, 2.45) is 0 Å². The Morgan fingerprint density at radius 2 is 2.24 bits per heavy atom. The van der Waals surface area contributed by atoms with Gasteiger partial charge in [-0.2, -0.15) is 0 Å². The van der Waals surface area contributed by atoms with Crippen LogP contribution in [0.1, 0.15) is 5.69 Å². The zero-order chi connectivity index (χ0) is 12.3. The largest absolute Gasteiger partial charge is 0.485 e. The number of halogens is 2. The van der Waals surface area contributed by atoms with Gasteiger partial charge in [-0.15, -0.1) is 5.10 Å². The van der Waals surface area contributed by atoms with Crippen molar-refractivity contribution in [2.45, 2.75) is 6.61 Å². The van der Waals surface area contributed by atoms with Crippen molar-refractivity contribution < 1.29 is 4.74 Å². The van der Waals surface area contributed by atoms with Crippen LogP contribution in [0.2, 0.25) is 10.0 Å². The Kier molecular flexibility index (Phi) is 4.04.